The summed E-state index contributed by atoms with van der Waals surface area (Å²) in [5.74, 6) is 1.84. The lowest BCUT2D eigenvalue weighted by Gasteiger charge is -2.27. The van der Waals surface area contributed by atoms with Crippen molar-refractivity contribution < 1.29 is 0 Å². The predicted octanol–water partition coefficient (Wildman–Crippen LogP) is 3.86. The van der Waals surface area contributed by atoms with Crippen molar-refractivity contribution in [3.05, 3.63) is 22.8 Å². The summed E-state index contributed by atoms with van der Waals surface area (Å²) in [6, 6.07) is 4.52. The van der Waals surface area contributed by atoms with Crippen molar-refractivity contribution in [1.29, 1.82) is 0 Å². The molecule has 0 radical (unpaired) electrons. The summed E-state index contributed by atoms with van der Waals surface area (Å²) in [4.78, 5) is 7.01. The van der Waals surface area contributed by atoms with E-state index in [2.05, 4.69) is 45.0 Å². The fourth-order valence-corrected chi connectivity index (χ4v) is 2.42. The van der Waals surface area contributed by atoms with Gasteiger partial charge in [0.15, 0.2) is 0 Å². The van der Waals surface area contributed by atoms with Gasteiger partial charge in [0.05, 0.1) is 10.7 Å². The van der Waals surface area contributed by atoms with E-state index in [-0.39, 0.29) is 5.54 Å². The van der Waals surface area contributed by atoms with E-state index in [1.54, 1.807) is 0 Å². The second-order valence-corrected chi connectivity index (χ2v) is 7.30. The third-order valence-corrected chi connectivity index (χ3v) is 4.31. The van der Waals surface area contributed by atoms with Crippen molar-refractivity contribution in [2.24, 2.45) is 5.92 Å². The van der Waals surface area contributed by atoms with Crippen LogP contribution in [0.3, 0.4) is 0 Å². The Morgan fingerprint density at radius 1 is 1.40 bits per heavy atom. The minimum Gasteiger partial charge on any atom is -0.357 e. The molecule has 0 bridgehead atoms. The first kappa shape index (κ1) is 15.6. The van der Waals surface area contributed by atoms with Gasteiger partial charge in [-0.1, -0.05) is 11.6 Å². The van der Waals surface area contributed by atoms with Crippen LogP contribution in [0.25, 0.3) is 0 Å². The van der Waals surface area contributed by atoms with E-state index in [1.165, 1.54) is 12.8 Å². The third-order valence-electron chi connectivity index (χ3n) is 3.97. The number of nitrogens with zero attached hydrogens (tertiary/aromatic N) is 2. The van der Waals surface area contributed by atoms with Crippen molar-refractivity contribution in [3.8, 4) is 0 Å². The van der Waals surface area contributed by atoms with Gasteiger partial charge in [0.25, 0.3) is 0 Å². The van der Waals surface area contributed by atoms with E-state index in [4.69, 9.17) is 16.6 Å². The molecule has 3 nitrogen and oxygen atoms in total. The van der Waals surface area contributed by atoms with Crippen LogP contribution in [0.2, 0.25) is 5.02 Å². The lowest BCUT2D eigenvalue weighted by atomic mass is 10.1. The maximum Gasteiger partial charge on any atom is 0.128 e. The monoisotopic (exact) mass is 295 g/mol. The minimum absolute atomic E-state index is 0.0637. The molecule has 0 amide bonds. The number of hydrogen-bond donors (Lipinski definition) is 1. The Hall–Kier alpha value is -0.800. The topological polar surface area (TPSA) is 28.2 Å². The maximum atomic E-state index is 6.26. The molecule has 1 unspecified atom stereocenters. The van der Waals surface area contributed by atoms with Crippen molar-refractivity contribution in [1.82, 2.24) is 10.3 Å². The second kappa shape index (κ2) is 5.90. The Labute approximate surface area is 127 Å². The number of hydrogen-bond acceptors (Lipinski definition) is 3. The van der Waals surface area contributed by atoms with Crippen LogP contribution in [0.4, 0.5) is 5.82 Å². The van der Waals surface area contributed by atoms with Crippen LogP contribution in [0, 0.1) is 5.92 Å². The van der Waals surface area contributed by atoms with Crippen molar-refractivity contribution in [3.63, 3.8) is 0 Å². The van der Waals surface area contributed by atoms with Crippen LogP contribution in [0.1, 0.15) is 46.2 Å². The molecule has 0 saturated heterocycles. The highest BCUT2D eigenvalue weighted by Gasteiger charge is 2.31. The highest BCUT2D eigenvalue weighted by Crippen LogP contribution is 2.36. The Kier molecular flexibility index (Phi) is 4.60. The zero-order valence-electron chi connectivity index (χ0n) is 13.2. The van der Waals surface area contributed by atoms with E-state index in [0.717, 1.165) is 22.5 Å². The molecular weight excluding hydrogens is 270 g/mol. The quantitative estimate of drug-likeness (QED) is 0.894. The zero-order valence-corrected chi connectivity index (χ0v) is 14.0. The van der Waals surface area contributed by atoms with Gasteiger partial charge >= 0.3 is 0 Å². The van der Waals surface area contributed by atoms with Crippen molar-refractivity contribution in [2.75, 3.05) is 11.9 Å². The van der Waals surface area contributed by atoms with Crippen molar-refractivity contribution >= 4 is 17.4 Å². The number of rotatable bonds is 5. The average Bonchev–Trinajstić information content (AvgIpc) is 3.19. The van der Waals surface area contributed by atoms with Crippen LogP contribution in [-0.4, -0.2) is 23.6 Å². The minimum atomic E-state index is 0.0637. The molecule has 1 atom stereocenters. The summed E-state index contributed by atoms with van der Waals surface area (Å²) in [5.41, 5.74) is 0.989. The molecule has 1 aliphatic rings. The Bertz CT molecular complexity index is 463. The van der Waals surface area contributed by atoms with E-state index in [9.17, 15) is 0 Å². The van der Waals surface area contributed by atoms with Crippen LogP contribution in [0.5, 0.6) is 0 Å². The van der Waals surface area contributed by atoms with E-state index < -0.39 is 0 Å². The third kappa shape index (κ3) is 4.10. The number of aromatic nitrogens is 1. The van der Waals surface area contributed by atoms with Crippen LogP contribution in [0.15, 0.2) is 12.1 Å². The van der Waals surface area contributed by atoms with Crippen LogP contribution >= 0.6 is 11.6 Å². The number of halogens is 1. The standard InChI is InChI=1S/C16H26ClN3/c1-11(12-6-7-12)20(5)15-9-8-13(17)14(19-15)10-18-16(2,3)4/h8-9,11-12,18H,6-7,10H2,1-5H3. The van der Waals surface area contributed by atoms with Gasteiger partial charge < -0.3 is 10.2 Å². The molecule has 1 aliphatic carbocycles. The summed E-state index contributed by atoms with van der Waals surface area (Å²) in [5, 5.41) is 4.18. The largest absolute Gasteiger partial charge is 0.357 e. The highest BCUT2D eigenvalue weighted by atomic mass is 35.5. The second-order valence-electron chi connectivity index (χ2n) is 6.89. The zero-order chi connectivity index (χ0) is 14.9. The van der Waals surface area contributed by atoms with Crippen molar-refractivity contribution in [2.45, 2.75) is 58.7 Å². The first-order valence-electron chi connectivity index (χ1n) is 7.41. The lowest BCUT2D eigenvalue weighted by molar-refractivity contribution is 0.421. The fourth-order valence-electron chi connectivity index (χ4n) is 2.25. The van der Waals surface area contributed by atoms with Crippen LogP contribution < -0.4 is 10.2 Å². The summed E-state index contributed by atoms with van der Waals surface area (Å²) in [6.45, 7) is 9.41. The molecular formula is C16H26ClN3. The number of anilines is 1. The molecule has 112 valence electrons. The molecule has 20 heavy (non-hydrogen) atoms. The molecule has 1 N–H and O–H groups in total. The Morgan fingerprint density at radius 3 is 2.60 bits per heavy atom. The average molecular weight is 296 g/mol. The smallest absolute Gasteiger partial charge is 0.128 e. The van der Waals surface area contributed by atoms with Gasteiger partial charge in [-0.2, -0.15) is 0 Å². The molecule has 1 saturated carbocycles. The first-order chi connectivity index (χ1) is 9.28. The van der Waals surface area contributed by atoms with E-state index in [1.807, 2.05) is 12.1 Å². The van der Waals surface area contributed by atoms with Gasteiger partial charge in [-0.05, 0) is 58.6 Å². The van der Waals surface area contributed by atoms with Gasteiger partial charge in [0.2, 0.25) is 0 Å². The van der Waals surface area contributed by atoms with Gasteiger partial charge in [0.1, 0.15) is 5.82 Å². The molecule has 1 aromatic heterocycles. The summed E-state index contributed by atoms with van der Waals surface area (Å²) >= 11 is 6.26. The SMILES string of the molecule is CC(C1CC1)N(C)c1ccc(Cl)c(CNC(C)(C)C)n1. The first-order valence-corrected chi connectivity index (χ1v) is 7.79. The molecule has 0 aromatic carbocycles. The summed E-state index contributed by atoms with van der Waals surface area (Å²) in [6.07, 6.45) is 2.69. The number of nitrogens with one attached hydrogen (secondary N) is 1. The predicted molar refractivity (Wildman–Crippen MR) is 86.4 cm³/mol. The van der Waals surface area contributed by atoms with Gasteiger partial charge in [-0.25, -0.2) is 4.98 Å². The molecule has 0 aliphatic heterocycles. The highest BCUT2D eigenvalue weighted by molar-refractivity contribution is 6.31. The van der Waals surface area contributed by atoms with Gasteiger partial charge in [0, 0.05) is 25.2 Å². The molecule has 4 heteroatoms. The number of pyridine rings is 1. The molecule has 1 heterocycles. The van der Waals surface area contributed by atoms with Crippen LogP contribution in [-0.2, 0) is 6.54 Å². The lowest BCUT2D eigenvalue weighted by Crippen LogP contribution is -2.36. The summed E-state index contributed by atoms with van der Waals surface area (Å²) in [7, 11) is 2.13. The van der Waals surface area contributed by atoms with Gasteiger partial charge in [-0.3, -0.25) is 0 Å². The molecule has 0 spiro atoms. The summed E-state index contributed by atoms with van der Waals surface area (Å²) < 4.78 is 0. The molecule has 2 rings (SSSR count). The fraction of sp³-hybridized carbons (Fsp3) is 0.688. The molecule has 1 aromatic rings. The van der Waals surface area contributed by atoms with E-state index in [0.29, 0.717) is 12.6 Å². The Morgan fingerprint density at radius 2 is 2.05 bits per heavy atom. The normalized spacial score (nSPS) is 17.1. The van der Waals surface area contributed by atoms with E-state index >= 15 is 0 Å². The van der Waals surface area contributed by atoms with Gasteiger partial charge in [-0.15, -0.1) is 0 Å². The Balaban J connectivity index is 2.10. The molecule has 1 fully saturated rings. The maximum absolute atomic E-state index is 6.26.